The molecule has 2 aromatic carbocycles. The van der Waals surface area contributed by atoms with Crippen LogP contribution in [-0.4, -0.2) is 51.7 Å². The zero-order chi connectivity index (χ0) is 33.9. The molecule has 4 aromatic heterocycles. The van der Waals surface area contributed by atoms with Crippen LogP contribution in [0.5, 0.6) is 11.8 Å². The molecule has 1 N–H and O–H groups in total. The number of aryl methyl sites for hydroxylation is 2. The average molecular weight is 689 g/mol. The lowest BCUT2D eigenvalue weighted by Crippen LogP contribution is -2.22. The molecule has 0 bridgehead atoms. The van der Waals surface area contributed by atoms with Gasteiger partial charge in [0, 0.05) is 23.2 Å². The number of carbonyl (C=O) groups excluding carboxylic acids is 1. The Hall–Kier alpha value is -5.36. The summed E-state index contributed by atoms with van der Waals surface area (Å²) in [5.41, 5.74) is 6.87. The van der Waals surface area contributed by atoms with Crippen molar-refractivity contribution in [2.45, 2.75) is 50.6 Å². The Morgan fingerprint density at radius 3 is 2.72 bits per heavy atom. The van der Waals surface area contributed by atoms with Crippen LogP contribution in [-0.2, 0) is 19.3 Å². The minimum absolute atomic E-state index is 0.0340. The summed E-state index contributed by atoms with van der Waals surface area (Å²) in [4.78, 5) is 31.7. The van der Waals surface area contributed by atoms with Crippen LogP contribution in [0, 0.1) is 5.82 Å². The Morgan fingerprint density at radius 1 is 1.02 bits per heavy atom. The van der Waals surface area contributed by atoms with E-state index in [9.17, 15) is 9.18 Å². The van der Waals surface area contributed by atoms with Gasteiger partial charge in [-0.1, -0.05) is 24.3 Å². The van der Waals surface area contributed by atoms with E-state index in [0.29, 0.717) is 30.5 Å². The van der Waals surface area contributed by atoms with Crippen molar-refractivity contribution in [1.82, 2.24) is 25.0 Å². The fraction of sp³-hybridized carbons (Fsp3) is 0.289. The molecular weight excluding hydrogens is 656 g/mol. The van der Waals surface area contributed by atoms with E-state index in [1.807, 2.05) is 29.3 Å². The number of hydrogen-bond acceptors (Lipinski definition) is 10. The lowest BCUT2D eigenvalue weighted by Gasteiger charge is -2.16. The van der Waals surface area contributed by atoms with E-state index in [1.54, 1.807) is 30.6 Å². The van der Waals surface area contributed by atoms with E-state index in [0.717, 1.165) is 74.7 Å². The van der Waals surface area contributed by atoms with Crippen LogP contribution in [0.2, 0.25) is 0 Å². The molecule has 10 nitrogen and oxygen atoms in total. The maximum absolute atomic E-state index is 14.3. The fourth-order valence-electron chi connectivity index (χ4n) is 7.83. The van der Waals surface area contributed by atoms with Gasteiger partial charge >= 0.3 is 6.01 Å². The number of methoxy groups -OCH3 is 2. The molecule has 3 aliphatic rings. The number of amides is 1. The molecule has 252 valence electrons. The number of aromatic nitrogens is 4. The maximum Gasteiger partial charge on any atom is 0.354 e. The second-order valence-electron chi connectivity index (χ2n) is 12.9. The predicted octanol–water partition coefficient (Wildman–Crippen LogP) is 7.74. The van der Waals surface area contributed by atoms with Gasteiger partial charge in [0.05, 0.1) is 53.5 Å². The van der Waals surface area contributed by atoms with Gasteiger partial charge in [-0.15, -0.1) is 11.3 Å². The lowest BCUT2D eigenvalue weighted by atomic mass is 9.93. The second kappa shape index (κ2) is 12.2. The summed E-state index contributed by atoms with van der Waals surface area (Å²) in [6, 6.07) is 16.9. The van der Waals surface area contributed by atoms with E-state index >= 15 is 0 Å². The van der Waals surface area contributed by atoms with Crippen LogP contribution < -0.4 is 14.8 Å². The molecule has 1 fully saturated rings. The summed E-state index contributed by atoms with van der Waals surface area (Å²) >= 11 is 1.58. The van der Waals surface area contributed by atoms with E-state index in [-0.39, 0.29) is 35.7 Å². The van der Waals surface area contributed by atoms with Crippen molar-refractivity contribution < 1.29 is 23.2 Å². The van der Waals surface area contributed by atoms with E-state index in [1.165, 1.54) is 30.4 Å². The van der Waals surface area contributed by atoms with Crippen LogP contribution in [0.15, 0.2) is 65.3 Å². The summed E-state index contributed by atoms with van der Waals surface area (Å²) in [5, 5.41) is 8.77. The molecule has 6 aromatic rings. The minimum atomic E-state index is -0.282. The number of thiophene rings is 1. The minimum Gasteiger partial charge on any atom is -0.496 e. The van der Waals surface area contributed by atoms with Gasteiger partial charge in [-0.2, -0.15) is 4.98 Å². The highest BCUT2D eigenvalue weighted by Gasteiger charge is 2.45. The Bertz CT molecular complexity index is 2290. The van der Waals surface area contributed by atoms with Crippen LogP contribution in [0.3, 0.4) is 0 Å². The van der Waals surface area contributed by atoms with Crippen LogP contribution in [0.4, 0.5) is 10.2 Å². The number of pyridine rings is 2. The molecule has 1 saturated heterocycles. The summed E-state index contributed by atoms with van der Waals surface area (Å²) in [5.74, 6) is 1.61. The highest BCUT2D eigenvalue weighted by atomic mass is 32.1. The van der Waals surface area contributed by atoms with Gasteiger partial charge in [0.25, 0.3) is 11.8 Å². The first-order valence-corrected chi connectivity index (χ1v) is 17.6. The van der Waals surface area contributed by atoms with Crippen molar-refractivity contribution in [3.63, 3.8) is 0 Å². The number of nitrogens with zero attached hydrogens (tertiary/aromatic N) is 5. The number of hydrogen-bond donors (Lipinski definition) is 1. The van der Waals surface area contributed by atoms with Crippen molar-refractivity contribution in [2.24, 2.45) is 0 Å². The molecule has 0 saturated carbocycles. The van der Waals surface area contributed by atoms with Crippen molar-refractivity contribution in [2.75, 3.05) is 26.1 Å². The molecule has 1 amide bonds. The Morgan fingerprint density at radius 2 is 1.90 bits per heavy atom. The third-order valence-electron chi connectivity index (χ3n) is 10.1. The summed E-state index contributed by atoms with van der Waals surface area (Å²) in [6.45, 7) is 0.686. The normalized spacial score (nSPS) is 17.7. The number of benzene rings is 2. The highest BCUT2D eigenvalue weighted by Crippen LogP contribution is 2.51. The SMILES string of the molecule is COc1noc(-c2c(CCc3ccc(F)cc3)nc3c(c2-c2cc4ccnc(N[C@@H]5CCc6c(OC)cccc65)c4s2)C(=O)N2CCC[C@H]32)n1. The largest absolute Gasteiger partial charge is 0.496 e. The van der Waals surface area contributed by atoms with Gasteiger partial charge < -0.3 is 24.2 Å². The summed E-state index contributed by atoms with van der Waals surface area (Å²) in [7, 11) is 3.19. The number of rotatable bonds is 9. The van der Waals surface area contributed by atoms with Gasteiger partial charge in [-0.25, -0.2) is 9.37 Å². The van der Waals surface area contributed by atoms with E-state index in [4.69, 9.17) is 24.0 Å². The quantitative estimate of drug-likeness (QED) is 0.163. The topological polar surface area (TPSA) is 116 Å². The first kappa shape index (κ1) is 30.7. The summed E-state index contributed by atoms with van der Waals surface area (Å²) in [6.07, 6.45) is 6.56. The van der Waals surface area contributed by atoms with Crippen LogP contribution >= 0.6 is 11.3 Å². The Labute approximate surface area is 291 Å². The van der Waals surface area contributed by atoms with Gasteiger partial charge in [0.1, 0.15) is 17.4 Å². The number of carbonyl (C=O) groups is 1. The number of anilines is 1. The zero-order valence-electron chi connectivity index (χ0n) is 27.5. The average Bonchev–Trinajstić information content (AvgIpc) is 3.98. The van der Waals surface area contributed by atoms with Crippen molar-refractivity contribution >= 4 is 33.1 Å². The van der Waals surface area contributed by atoms with Crippen LogP contribution in [0.1, 0.15) is 69.8 Å². The van der Waals surface area contributed by atoms with Gasteiger partial charge in [0.2, 0.25) is 0 Å². The van der Waals surface area contributed by atoms with Crippen molar-refractivity contribution in [3.8, 4) is 33.7 Å². The molecule has 2 atom stereocenters. The molecule has 6 heterocycles. The molecule has 50 heavy (non-hydrogen) atoms. The number of fused-ring (bicyclic) bond motifs is 5. The van der Waals surface area contributed by atoms with Crippen LogP contribution in [0.25, 0.3) is 32.0 Å². The molecule has 0 unspecified atom stereocenters. The van der Waals surface area contributed by atoms with Crippen molar-refractivity contribution in [1.29, 1.82) is 0 Å². The molecule has 0 spiro atoms. The first-order chi connectivity index (χ1) is 24.5. The van der Waals surface area contributed by atoms with E-state index < -0.39 is 0 Å². The lowest BCUT2D eigenvalue weighted by molar-refractivity contribution is 0.0776. The molecular formula is C38H33FN6O4S. The zero-order valence-corrected chi connectivity index (χ0v) is 28.3. The highest BCUT2D eigenvalue weighted by molar-refractivity contribution is 7.23. The van der Waals surface area contributed by atoms with Gasteiger partial charge in [0.15, 0.2) is 0 Å². The van der Waals surface area contributed by atoms with Gasteiger partial charge in [-0.05, 0) is 96.1 Å². The Kier molecular flexibility index (Phi) is 7.49. The smallest absolute Gasteiger partial charge is 0.354 e. The third-order valence-corrected chi connectivity index (χ3v) is 11.3. The molecule has 9 rings (SSSR count). The third kappa shape index (κ3) is 5.00. The molecule has 1 aliphatic carbocycles. The summed E-state index contributed by atoms with van der Waals surface area (Å²) < 4.78 is 31.5. The number of ether oxygens (including phenoxy) is 2. The predicted molar refractivity (Wildman–Crippen MR) is 187 cm³/mol. The first-order valence-electron chi connectivity index (χ1n) is 16.8. The van der Waals surface area contributed by atoms with E-state index in [2.05, 4.69) is 27.6 Å². The second-order valence-corrected chi connectivity index (χ2v) is 13.9. The monoisotopic (exact) mass is 688 g/mol. The maximum atomic E-state index is 14.3. The fourth-order valence-corrected chi connectivity index (χ4v) is 9.00. The molecule has 0 radical (unpaired) electrons. The Balaban J connectivity index is 1.21. The van der Waals surface area contributed by atoms with Gasteiger partial charge in [-0.3, -0.25) is 9.78 Å². The van der Waals surface area contributed by atoms with Crippen molar-refractivity contribution in [3.05, 3.63) is 100 Å². The standard InChI is InChI=1S/C38H33FN6O4S/c1-47-28-7-3-5-23-24(28)13-15-25(23)42-35-34-21(16-17-40-35)19-29(50-34)31-30(36-43-38(48-2)44-49-36)26(14-10-20-8-11-22(39)12-9-20)41-33-27-6-4-18-45(27)37(46)32(31)33/h3,5,7-9,11-12,16-17,19,25,27H,4,6,10,13-15,18H2,1-2H3,(H,40,42)/t25-,27-/m1/s1. The number of halogens is 1. The molecule has 12 heteroatoms. The number of nitrogens with one attached hydrogen (secondary N) is 1. The molecule has 2 aliphatic heterocycles.